The fraction of sp³-hybridized carbons (Fsp3) is 0.533. The van der Waals surface area contributed by atoms with Gasteiger partial charge in [0.25, 0.3) is 0 Å². The Bertz CT molecular complexity index is 471. The Morgan fingerprint density at radius 1 is 1.20 bits per heavy atom. The zero-order valence-corrected chi connectivity index (χ0v) is 11.2. The minimum absolute atomic E-state index is 0.197. The van der Waals surface area contributed by atoms with Crippen molar-refractivity contribution in [2.24, 2.45) is 11.8 Å². The number of nitrogens with one attached hydrogen (secondary N) is 1. The van der Waals surface area contributed by atoms with Crippen LogP contribution in [0.3, 0.4) is 0 Å². The first-order valence-corrected chi connectivity index (χ1v) is 6.93. The summed E-state index contributed by atoms with van der Waals surface area (Å²) in [4.78, 5) is 10.8. The average molecular weight is 283 g/mol. The molecule has 1 aliphatic carbocycles. The molecule has 0 bridgehead atoms. The van der Waals surface area contributed by atoms with Crippen LogP contribution in [0.15, 0.2) is 18.2 Å². The van der Waals surface area contributed by atoms with Crippen LogP contribution in [0.5, 0.6) is 0 Å². The third-order valence-corrected chi connectivity index (χ3v) is 3.94. The van der Waals surface area contributed by atoms with Gasteiger partial charge in [-0.15, -0.1) is 0 Å². The molecule has 0 atom stereocenters. The Kier molecular flexibility index (Phi) is 5.06. The van der Waals surface area contributed by atoms with Crippen molar-refractivity contribution in [3.63, 3.8) is 0 Å². The first-order valence-electron chi connectivity index (χ1n) is 6.93. The molecule has 2 N–H and O–H groups in total. The van der Waals surface area contributed by atoms with Crippen molar-refractivity contribution in [2.75, 3.05) is 6.54 Å². The van der Waals surface area contributed by atoms with Crippen molar-refractivity contribution in [2.45, 2.75) is 32.2 Å². The largest absolute Gasteiger partial charge is 0.481 e. The number of carboxylic acids is 1. The lowest BCUT2D eigenvalue weighted by Gasteiger charge is -2.26. The van der Waals surface area contributed by atoms with Crippen molar-refractivity contribution >= 4 is 5.97 Å². The van der Waals surface area contributed by atoms with Crippen LogP contribution in [-0.2, 0) is 11.3 Å². The second kappa shape index (κ2) is 6.79. The number of carbonyl (C=O) groups is 1. The monoisotopic (exact) mass is 283 g/mol. The number of rotatable bonds is 5. The summed E-state index contributed by atoms with van der Waals surface area (Å²) in [6.45, 7) is 1.28. The Labute approximate surface area is 117 Å². The summed E-state index contributed by atoms with van der Waals surface area (Å²) >= 11 is 0. The number of carboxylic acid groups (broad SMARTS) is 1. The van der Waals surface area contributed by atoms with Crippen molar-refractivity contribution < 1.29 is 18.7 Å². The van der Waals surface area contributed by atoms with Gasteiger partial charge in [-0.2, -0.15) is 0 Å². The van der Waals surface area contributed by atoms with E-state index in [9.17, 15) is 13.6 Å². The summed E-state index contributed by atoms with van der Waals surface area (Å²) in [5.74, 6) is -2.08. The summed E-state index contributed by atoms with van der Waals surface area (Å²) in [5, 5.41) is 12.1. The molecule has 1 aromatic carbocycles. The van der Waals surface area contributed by atoms with Crippen LogP contribution in [0.4, 0.5) is 8.78 Å². The van der Waals surface area contributed by atoms with Gasteiger partial charge in [0.05, 0.1) is 5.92 Å². The van der Waals surface area contributed by atoms with Crippen molar-refractivity contribution in [1.82, 2.24) is 5.32 Å². The molecule has 5 heteroatoms. The Hall–Kier alpha value is -1.49. The van der Waals surface area contributed by atoms with Crippen LogP contribution < -0.4 is 5.32 Å². The first kappa shape index (κ1) is 14.9. The van der Waals surface area contributed by atoms with E-state index in [2.05, 4.69) is 5.32 Å². The Balaban J connectivity index is 1.71. The van der Waals surface area contributed by atoms with E-state index in [-0.39, 0.29) is 5.92 Å². The summed E-state index contributed by atoms with van der Waals surface area (Å²) in [6, 6.07) is 3.89. The number of hydrogen-bond donors (Lipinski definition) is 2. The van der Waals surface area contributed by atoms with Crippen molar-refractivity contribution in [1.29, 1.82) is 0 Å². The first-order chi connectivity index (χ1) is 9.56. The van der Waals surface area contributed by atoms with E-state index < -0.39 is 17.6 Å². The average Bonchev–Trinajstić information content (AvgIpc) is 2.43. The van der Waals surface area contributed by atoms with E-state index in [1.807, 2.05) is 0 Å². The predicted molar refractivity (Wildman–Crippen MR) is 71.1 cm³/mol. The SMILES string of the molecule is O=C(O)C1CCC(CNCc2ccc(F)c(F)c2)CC1. The van der Waals surface area contributed by atoms with Gasteiger partial charge >= 0.3 is 5.97 Å². The van der Waals surface area contributed by atoms with Gasteiger partial charge < -0.3 is 10.4 Å². The molecule has 1 fully saturated rings. The van der Waals surface area contributed by atoms with Crippen molar-refractivity contribution in [3.05, 3.63) is 35.4 Å². The third-order valence-electron chi connectivity index (χ3n) is 3.94. The molecule has 0 aromatic heterocycles. The quantitative estimate of drug-likeness (QED) is 0.873. The summed E-state index contributed by atoms with van der Waals surface area (Å²) in [5.41, 5.74) is 0.711. The van der Waals surface area contributed by atoms with Gasteiger partial charge in [-0.3, -0.25) is 4.79 Å². The van der Waals surface area contributed by atoms with Gasteiger partial charge in [-0.25, -0.2) is 8.78 Å². The molecule has 110 valence electrons. The van der Waals surface area contributed by atoms with Gasteiger partial charge in [-0.05, 0) is 55.8 Å². The molecule has 1 saturated carbocycles. The van der Waals surface area contributed by atoms with E-state index in [1.165, 1.54) is 6.07 Å². The fourth-order valence-corrected chi connectivity index (χ4v) is 2.68. The van der Waals surface area contributed by atoms with Gasteiger partial charge in [0.1, 0.15) is 0 Å². The van der Waals surface area contributed by atoms with Gasteiger partial charge in [-0.1, -0.05) is 6.07 Å². The highest BCUT2D eigenvalue weighted by Crippen LogP contribution is 2.28. The highest BCUT2D eigenvalue weighted by molar-refractivity contribution is 5.69. The zero-order chi connectivity index (χ0) is 14.5. The number of benzene rings is 1. The van der Waals surface area contributed by atoms with E-state index in [0.29, 0.717) is 18.0 Å². The summed E-state index contributed by atoms with van der Waals surface area (Å²) in [6.07, 6.45) is 3.27. The van der Waals surface area contributed by atoms with Gasteiger partial charge in [0, 0.05) is 6.54 Å². The van der Waals surface area contributed by atoms with E-state index in [4.69, 9.17) is 5.11 Å². The van der Waals surface area contributed by atoms with Crippen LogP contribution in [-0.4, -0.2) is 17.6 Å². The van der Waals surface area contributed by atoms with Gasteiger partial charge in [0.2, 0.25) is 0 Å². The summed E-state index contributed by atoms with van der Waals surface area (Å²) in [7, 11) is 0. The van der Waals surface area contributed by atoms with Crippen LogP contribution >= 0.6 is 0 Å². The molecule has 0 unspecified atom stereocenters. The lowest BCUT2D eigenvalue weighted by atomic mass is 9.82. The molecule has 0 radical (unpaired) electrons. The standard InChI is InChI=1S/C15H19F2NO2/c16-13-6-3-11(7-14(13)17)9-18-8-10-1-4-12(5-2-10)15(19)20/h3,6-7,10,12,18H,1-2,4-5,8-9H2,(H,19,20). The maximum Gasteiger partial charge on any atom is 0.306 e. The van der Waals surface area contributed by atoms with Crippen LogP contribution in [0, 0.1) is 23.5 Å². The number of hydrogen-bond acceptors (Lipinski definition) is 2. The normalized spacial score (nSPS) is 22.7. The predicted octanol–water partition coefficient (Wildman–Crippen LogP) is 2.95. The van der Waals surface area contributed by atoms with Gasteiger partial charge in [0.15, 0.2) is 11.6 Å². The van der Waals surface area contributed by atoms with Crippen LogP contribution in [0.1, 0.15) is 31.2 Å². The second-order valence-electron chi connectivity index (χ2n) is 5.44. The fourth-order valence-electron chi connectivity index (χ4n) is 2.68. The molecule has 2 rings (SSSR count). The van der Waals surface area contributed by atoms with Crippen LogP contribution in [0.25, 0.3) is 0 Å². The molecule has 1 aliphatic rings. The molecular weight excluding hydrogens is 264 g/mol. The molecule has 20 heavy (non-hydrogen) atoms. The smallest absolute Gasteiger partial charge is 0.306 e. The third kappa shape index (κ3) is 4.00. The molecular formula is C15H19F2NO2. The minimum atomic E-state index is -0.833. The molecule has 1 aromatic rings. The number of halogens is 2. The van der Waals surface area contributed by atoms with E-state index in [1.54, 1.807) is 6.07 Å². The maximum absolute atomic E-state index is 13.0. The highest BCUT2D eigenvalue weighted by Gasteiger charge is 2.25. The molecule has 0 spiro atoms. The second-order valence-corrected chi connectivity index (χ2v) is 5.44. The highest BCUT2D eigenvalue weighted by atomic mass is 19.2. The molecule has 0 saturated heterocycles. The number of aliphatic carboxylic acids is 1. The molecule has 0 amide bonds. The molecule has 0 heterocycles. The minimum Gasteiger partial charge on any atom is -0.481 e. The zero-order valence-electron chi connectivity index (χ0n) is 11.2. The Morgan fingerprint density at radius 3 is 2.50 bits per heavy atom. The Morgan fingerprint density at radius 2 is 1.90 bits per heavy atom. The summed E-state index contributed by atoms with van der Waals surface area (Å²) < 4.78 is 25.8. The lowest BCUT2D eigenvalue weighted by Crippen LogP contribution is -2.28. The lowest BCUT2D eigenvalue weighted by molar-refractivity contribution is -0.143. The van der Waals surface area contributed by atoms with Crippen molar-refractivity contribution in [3.8, 4) is 0 Å². The van der Waals surface area contributed by atoms with E-state index in [0.717, 1.165) is 38.3 Å². The molecule has 3 nitrogen and oxygen atoms in total. The van der Waals surface area contributed by atoms with Crippen LogP contribution in [0.2, 0.25) is 0 Å². The maximum atomic E-state index is 13.0. The topological polar surface area (TPSA) is 49.3 Å². The van der Waals surface area contributed by atoms with E-state index >= 15 is 0 Å². The molecule has 0 aliphatic heterocycles.